The van der Waals surface area contributed by atoms with Crippen molar-refractivity contribution in [3.63, 3.8) is 0 Å². The summed E-state index contributed by atoms with van der Waals surface area (Å²) in [5.41, 5.74) is 2.04. The van der Waals surface area contributed by atoms with Gasteiger partial charge in [0.15, 0.2) is 0 Å². The van der Waals surface area contributed by atoms with E-state index >= 15 is 0 Å². The summed E-state index contributed by atoms with van der Waals surface area (Å²) in [4.78, 5) is 0. The van der Waals surface area contributed by atoms with Crippen LogP contribution in [0.2, 0.25) is 0 Å². The van der Waals surface area contributed by atoms with Crippen LogP contribution < -0.4 is 27.2 Å². The number of rotatable bonds is 9. The quantitative estimate of drug-likeness (QED) is 0.381. The molecule has 1 heterocycles. The largest absolute Gasteiger partial charge is 1.00 e. The highest BCUT2D eigenvalue weighted by Crippen LogP contribution is 2.24. The fraction of sp³-hybridized carbons (Fsp3) is 0.278. The lowest BCUT2D eigenvalue weighted by atomic mass is 10.2. The Morgan fingerprint density at radius 1 is 1.07 bits per heavy atom. The van der Waals surface area contributed by atoms with Crippen molar-refractivity contribution >= 4 is 11.8 Å². The number of nitrogens with zero attached hydrogens (tertiary/aromatic N) is 4. The summed E-state index contributed by atoms with van der Waals surface area (Å²) in [5, 5.41) is 16.1. The molecule has 144 valence electrons. The van der Waals surface area contributed by atoms with Gasteiger partial charge in [-0.3, -0.25) is 0 Å². The van der Waals surface area contributed by atoms with Gasteiger partial charge in [0, 0.05) is 30.5 Å². The van der Waals surface area contributed by atoms with E-state index < -0.39 is 0 Å². The third kappa shape index (κ3) is 5.59. The minimum atomic E-state index is 0. The van der Waals surface area contributed by atoms with E-state index in [1.165, 1.54) is 0 Å². The molecule has 0 aliphatic carbocycles. The van der Waals surface area contributed by atoms with Gasteiger partial charge in [0.05, 0.1) is 19.9 Å². The molecule has 3 rings (SSSR count). The first kappa shape index (κ1) is 21.0. The molecule has 1 N–H and O–H groups in total. The second-order valence-electron chi connectivity index (χ2n) is 5.41. The molecule has 0 fully saturated rings. The second-order valence-corrected chi connectivity index (χ2v) is 6.47. The van der Waals surface area contributed by atoms with Crippen LogP contribution in [0.4, 0.5) is 0 Å². The Balaban J connectivity index is 0.00000261. The van der Waals surface area contributed by atoms with E-state index in [2.05, 4.69) is 20.8 Å². The maximum Gasteiger partial charge on any atom is 0.214 e. The molecule has 2 aromatic carbocycles. The van der Waals surface area contributed by atoms with Crippen LogP contribution in [0, 0.1) is 0 Å². The Hall–Kier alpha value is -2.29. The molecule has 0 radical (unpaired) electrons. The number of aromatic nitrogens is 4. The Kier molecular flexibility index (Phi) is 8.38. The molecule has 0 atom stereocenters. The zero-order valence-corrected chi connectivity index (χ0v) is 16.7. The Labute approximate surface area is 168 Å². The Bertz CT molecular complexity index is 832. The van der Waals surface area contributed by atoms with Crippen LogP contribution in [0.5, 0.6) is 11.5 Å². The van der Waals surface area contributed by atoms with Gasteiger partial charge < -0.3 is 27.2 Å². The molecule has 27 heavy (non-hydrogen) atoms. The summed E-state index contributed by atoms with van der Waals surface area (Å²) in [7, 11) is 3.31. The Morgan fingerprint density at radius 3 is 2.63 bits per heavy atom. The standard InChI is InChI=1S/C18H21N5O2S.ClH/c1-24-16-9-8-14(17(12-16)25-2)13-19-10-11-26-18-20-21-22-23(18)15-6-4-3-5-7-15;/h3-9,12,19H,10-11,13H2,1-2H3;1H/p-1. The molecule has 0 saturated carbocycles. The maximum absolute atomic E-state index is 5.41. The average Bonchev–Trinajstić information content (AvgIpc) is 3.17. The highest BCUT2D eigenvalue weighted by molar-refractivity contribution is 7.99. The average molecular weight is 407 g/mol. The molecule has 0 amide bonds. The van der Waals surface area contributed by atoms with Crippen LogP contribution in [0.25, 0.3) is 5.69 Å². The van der Waals surface area contributed by atoms with Crippen molar-refractivity contribution in [2.45, 2.75) is 11.7 Å². The van der Waals surface area contributed by atoms with Crippen LogP contribution in [0.1, 0.15) is 5.56 Å². The number of nitrogens with one attached hydrogen (secondary N) is 1. The first-order valence-electron chi connectivity index (χ1n) is 8.20. The number of benzene rings is 2. The molecule has 3 aromatic rings. The van der Waals surface area contributed by atoms with Crippen molar-refractivity contribution in [1.29, 1.82) is 0 Å². The van der Waals surface area contributed by atoms with E-state index in [0.717, 1.165) is 46.7 Å². The number of halogens is 1. The van der Waals surface area contributed by atoms with Crippen LogP contribution in [-0.2, 0) is 6.54 Å². The van der Waals surface area contributed by atoms with Gasteiger partial charge >= 0.3 is 0 Å². The smallest absolute Gasteiger partial charge is 0.214 e. The second kappa shape index (κ2) is 10.8. The first-order chi connectivity index (χ1) is 12.8. The summed E-state index contributed by atoms with van der Waals surface area (Å²) in [6.45, 7) is 1.54. The first-order valence-corrected chi connectivity index (χ1v) is 9.18. The molecule has 0 unspecified atom stereocenters. The number of hydrogen-bond donors (Lipinski definition) is 1. The van der Waals surface area contributed by atoms with Gasteiger partial charge in [-0.15, -0.1) is 5.10 Å². The van der Waals surface area contributed by atoms with Crippen molar-refractivity contribution in [3.05, 3.63) is 54.1 Å². The monoisotopic (exact) mass is 406 g/mol. The van der Waals surface area contributed by atoms with E-state index in [4.69, 9.17) is 9.47 Å². The van der Waals surface area contributed by atoms with Crippen LogP contribution in [-0.4, -0.2) is 46.7 Å². The van der Waals surface area contributed by atoms with Gasteiger partial charge in [-0.25, -0.2) is 0 Å². The Morgan fingerprint density at radius 2 is 1.89 bits per heavy atom. The van der Waals surface area contributed by atoms with Crippen molar-refractivity contribution in [3.8, 4) is 17.2 Å². The summed E-state index contributed by atoms with van der Waals surface area (Å²) >= 11 is 1.61. The number of hydrogen-bond acceptors (Lipinski definition) is 7. The van der Waals surface area contributed by atoms with E-state index in [9.17, 15) is 0 Å². The zero-order chi connectivity index (χ0) is 18.2. The lowest BCUT2D eigenvalue weighted by Crippen LogP contribution is -3.00. The number of tetrazole rings is 1. The molecule has 0 saturated heterocycles. The summed E-state index contributed by atoms with van der Waals surface area (Å²) in [5.74, 6) is 2.46. The third-order valence-electron chi connectivity index (χ3n) is 3.76. The molecular weight excluding hydrogens is 386 g/mol. The highest BCUT2D eigenvalue weighted by atomic mass is 35.5. The van der Waals surface area contributed by atoms with Crippen LogP contribution in [0.15, 0.2) is 53.7 Å². The van der Waals surface area contributed by atoms with Crippen molar-refractivity contribution in [2.75, 3.05) is 26.5 Å². The minimum Gasteiger partial charge on any atom is -1.00 e. The number of ether oxygens (including phenoxy) is 2. The number of methoxy groups -OCH3 is 2. The number of para-hydroxylation sites is 1. The van der Waals surface area contributed by atoms with Gasteiger partial charge in [0.25, 0.3) is 0 Å². The molecule has 9 heteroatoms. The lowest BCUT2D eigenvalue weighted by Gasteiger charge is -2.11. The highest BCUT2D eigenvalue weighted by Gasteiger charge is 2.08. The van der Waals surface area contributed by atoms with Crippen LogP contribution >= 0.6 is 11.8 Å². The molecular formula is C18H21ClN5O2S-. The number of thioether (sulfide) groups is 1. The van der Waals surface area contributed by atoms with Crippen LogP contribution in [0.3, 0.4) is 0 Å². The van der Waals surface area contributed by atoms with E-state index in [-0.39, 0.29) is 12.4 Å². The molecule has 0 bridgehead atoms. The van der Waals surface area contributed by atoms with E-state index in [1.807, 2.05) is 48.5 Å². The normalized spacial score (nSPS) is 10.3. The molecule has 0 aliphatic rings. The molecule has 0 aliphatic heterocycles. The third-order valence-corrected chi connectivity index (χ3v) is 4.68. The molecule has 0 spiro atoms. The zero-order valence-electron chi connectivity index (χ0n) is 15.1. The predicted molar refractivity (Wildman–Crippen MR) is 101 cm³/mol. The topological polar surface area (TPSA) is 74.1 Å². The van der Waals surface area contributed by atoms with E-state index in [0.29, 0.717) is 0 Å². The predicted octanol–water partition coefficient (Wildman–Crippen LogP) is -0.435. The fourth-order valence-corrected chi connectivity index (χ4v) is 3.22. The fourth-order valence-electron chi connectivity index (χ4n) is 2.44. The van der Waals surface area contributed by atoms with Gasteiger partial charge in [0.1, 0.15) is 11.5 Å². The van der Waals surface area contributed by atoms with Gasteiger partial charge in [0.2, 0.25) is 5.16 Å². The van der Waals surface area contributed by atoms with E-state index in [1.54, 1.807) is 30.7 Å². The molecule has 1 aromatic heterocycles. The lowest BCUT2D eigenvalue weighted by molar-refractivity contribution is -0.00000604. The van der Waals surface area contributed by atoms with Crippen molar-refractivity contribution in [2.24, 2.45) is 0 Å². The van der Waals surface area contributed by atoms with Crippen molar-refractivity contribution in [1.82, 2.24) is 25.5 Å². The maximum atomic E-state index is 5.41. The summed E-state index contributed by atoms with van der Waals surface area (Å²) in [6.07, 6.45) is 0. The summed E-state index contributed by atoms with van der Waals surface area (Å²) in [6, 6.07) is 15.7. The minimum absolute atomic E-state index is 0. The molecule has 7 nitrogen and oxygen atoms in total. The van der Waals surface area contributed by atoms with Crippen molar-refractivity contribution < 1.29 is 21.9 Å². The van der Waals surface area contributed by atoms with Gasteiger partial charge in [-0.2, -0.15) is 4.68 Å². The SMILES string of the molecule is COc1ccc(CNCCSc2nnnn2-c2ccccc2)c(OC)c1.[Cl-]. The van der Waals surface area contributed by atoms with Gasteiger partial charge in [-0.1, -0.05) is 36.0 Å². The summed E-state index contributed by atoms with van der Waals surface area (Å²) < 4.78 is 12.4. The van der Waals surface area contributed by atoms with Gasteiger partial charge in [-0.05, 0) is 28.6 Å².